The molecule has 6 nitrogen and oxygen atoms in total. The minimum absolute atomic E-state index is 0.0504. The van der Waals surface area contributed by atoms with Gasteiger partial charge in [0.2, 0.25) is 5.91 Å². The van der Waals surface area contributed by atoms with E-state index in [0.717, 1.165) is 18.5 Å². The van der Waals surface area contributed by atoms with Crippen LogP contribution < -0.4 is 5.56 Å². The summed E-state index contributed by atoms with van der Waals surface area (Å²) in [6.45, 7) is 1.75. The van der Waals surface area contributed by atoms with E-state index in [1.807, 2.05) is 38.4 Å². The molecule has 158 valence electrons. The molecule has 1 amide bonds. The normalized spacial score (nSPS) is 11.2. The Balaban J connectivity index is 1.85. The molecule has 2 aromatic carbocycles. The molecule has 3 aromatic rings. The summed E-state index contributed by atoms with van der Waals surface area (Å²) >= 11 is 12.2. The van der Waals surface area contributed by atoms with E-state index in [0.29, 0.717) is 34.2 Å². The Morgan fingerprint density at radius 1 is 1.07 bits per heavy atom. The second-order valence-corrected chi connectivity index (χ2v) is 8.21. The summed E-state index contributed by atoms with van der Waals surface area (Å²) in [5.41, 5.74) is 1.90. The smallest absolute Gasteiger partial charge is 0.269 e. The highest BCUT2D eigenvalue weighted by Gasteiger charge is 2.17. The van der Waals surface area contributed by atoms with Crippen LogP contribution in [0.2, 0.25) is 10.0 Å². The maximum Gasteiger partial charge on any atom is 0.269 e. The Labute approximate surface area is 185 Å². The third-order valence-electron chi connectivity index (χ3n) is 4.79. The number of carbonyl (C=O) groups is 1. The van der Waals surface area contributed by atoms with Gasteiger partial charge in [0, 0.05) is 13.1 Å². The van der Waals surface area contributed by atoms with E-state index in [1.165, 1.54) is 10.8 Å². The lowest BCUT2D eigenvalue weighted by Crippen LogP contribution is -2.37. The Kier molecular flexibility index (Phi) is 7.48. The molecule has 0 aliphatic rings. The fourth-order valence-corrected chi connectivity index (χ4v) is 3.56. The van der Waals surface area contributed by atoms with Crippen molar-refractivity contribution in [2.75, 3.05) is 27.2 Å². The number of halogens is 2. The molecule has 0 unspecified atom stereocenters. The van der Waals surface area contributed by atoms with Gasteiger partial charge >= 0.3 is 0 Å². The summed E-state index contributed by atoms with van der Waals surface area (Å²) in [7, 11) is 3.99. The lowest BCUT2D eigenvalue weighted by molar-refractivity contribution is -0.132. The van der Waals surface area contributed by atoms with Crippen LogP contribution in [-0.2, 0) is 17.9 Å². The van der Waals surface area contributed by atoms with Gasteiger partial charge < -0.3 is 9.80 Å². The van der Waals surface area contributed by atoms with Crippen LogP contribution in [0, 0.1) is 0 Å². The van der Waals surface area contributed by atoms with Gasteiger partial charge in [-0.25, -0.2) is 4.98 Å². The van der Waals surface area contributed by atoms with Crippen LogP contribution in [0.4, 0.5) is 0 Å². The number of para-hydroxylation sites is 2. The van der Waals surface area contributed by atoms with Crippen molar-refractivity contribution >= 4 is 40.1 Å². The molecule has 0 saturated heterocycles. The molecular weight excluding hydrogens is 423 g/mol. The SMILES string of the molecule is CN(C)CCCN(Cc1ccc(Cl)c(Cl)c1)C(=O)Cn1c(=O)cnc2ccccc21. The second-order valence-electron chi connectivity index (χ2n) is 7.39. The molecule has 0 saturated carbocycles. The summed E-state index contributed by atoms with van der Waals surface area (Å²) in [5.74, 6) is -0.140. The first-order valence-corrected chi connectivity index (χ1v) is 10.4. The Morgan fingerprint density at radius 2 is 1.83 bits per heavy atom. The summed E-state index contributed by atoms with van der Waals surface area (Å²) in [6, 6.07) is 12.6. The van der Waals surface area contributed by atoms with Crippen molar-refractivity contribution in [3.05, 3.63) is 74.6 Å². The number of benzene rings is 2. The largest absolute Gasteiger partial charge is 0.337 e. The highest BCUT2D eigenvalue weighted by Crippen LogP contribution is 2.23. The molecule has 0 radical (unpaired) electrons. The van der Waals surface area contributed by atoms with Crippen LogP contribution in [0.15, 0.2) is 53.5 Å². The van der Waals surface area contributed by atoms with Crippen molar-refractivity contribution in [1.29, 1.82) is 0 Å². The lowest BCUT2D eigenvalue weighted by atomic mass is 10.2. The van der Waals surface area contributed by atoms with Crippen LogP contribution in [0.25, 0.3) is 11.0 Å². The quantitative estimate of drug-likeness (QED) is 0.529. The molecule has 1 aromatic heterocycles. The van der Waals surface area contributed by atoms with Gasteiger partial charge in [0.1, 0.15) is 6.54 Å². The van der Waals surface area contributed by atoms with Crippen molar-refractivity contribution < 1.29 is 4.79 Å². The van der Waals surface area contributed by atoms with E-state index in [9.17, 15) is 9.59 Å². The van der Waals surface area contributed by atoms with Crippen molar-refractivity contribution in [3.63, 3.8) is 0 Å². The molecule has 0 atom stereocenters. The van der Waals surface area contributed by atoms with Gasteiger partial charge in [-0.1, -0.05) is 41.4 Å². The van der Waals surface area contributed by atoms with Crippen molar-refractivity contribution in [1.82, 2.24) is 19.4 Å². The van der Waals surface area contributed by atoms with Crippen LogP contribution in [0.1, 0.15) is 12.0 Å². The van der Waals surface area contributed by atoms with Crippen LogP contribution in [0.3, 0.4) is 0 Å². The minimum atomic E-state index is -0.301. The monoisotopic (exact) mass is 446 g/mol. The molecular formula is C22H24Cl2N4O2. The van der Waals surface area contributed by atoms with E-state index in [2.05, 4.69) is 9.88 Å². The Hall–Kier alpha value is -2.41. The van der Waals surface area contributed by atoms with Crippen molar-refractivity contribution in [3.8, 4) is 0 Å². The van der Waals surface area contributed by atoms with Crippen LogP contribution in [-0.4, -0.2) is 52.4 Å². The van der Waals surface area contributed by atoms with E-state index in [4.69, 9.17) is 23.2 Å². The number of fused-ring (bicyclic) bond motifs is 1. The standard InChI is InChI=1S/C22H24Cl2N4O2/c1-26(2)10-5-11-27(14-16-8-9-17(23)18(24)12-16)22(30)15-28-20-7-4-3-6-19(20)25-13-21(28)29/h3-4,6-9,12-13H,5,10-11,14-15H2,1-2H3. The second kappa shape index (κ2) is 10.1. The molecule has 0 aliphatic heterocycles. The van der Waals surface area contributed by atoms with Gasteiger partial charge in [0.15, 0.2) is 0 Å². The predicted molar refractivity (Wildman–Crippen MR) is 121 cm³/mol. The average Bonchev–Trinajstić information content (AvgIpc) is 2.71. The maximum atomic E-state index is 13.2. The fourth-order valence-electron chi connectivity index (χ4n) is 3.24. The fraction of sp³-hybridized carbons (Fsp3) is 0.318. The number of rotatable bonds is 8. The zero-order valence-corrected chi connectivity index (χ0v) is 18.5. The third-order valence-corrected chi connectivity index (χ3v) is 5.53. The first-order valence-electron chi connectivity index (χ1n) is 9.66. The number of hydrogen-bond donors (Lipinski definition) is 0. The van der Waals surface area contributed by atoms with Gasteiger partial charge in [0.25, 0.3) is 5.56 Å². The van der Waals surface area contributed by atoms with E-state index in [-0.39, 0.29) is 18.0 Å². The molecule has 1 heterocycles. The molecule has 30 heavy (non-hydrogen) atoms. The summed E-state index contributed by atoms with van der Waals surface area (Å²) in [4.78, 5) is 33.6. The van der Waals surface area contributed by atoms with E-state index in [1.54, 1.807) is 23.1 Å². The zero-order valence-electron chi connectivity index (χ0n) is 17.0. The van der Waals surface area contributed by atoms with Gasteiger partial charge in [0.05, 0.1) is 27.3 Å². The Bertz CT molecular complexity index is 1100. The highest BCUT2D eigenvalue weighted by molar-refractivity contribution is 6.42. The van der Waals surface area contributed by atoms with Gasteiger partial charge in [-0.15, -0.1) is 0 Å². The molecule has 0 fully saturated rings. The van der Waals surface area contributed by atoms with Crippen molar-refractivity contribution in [2.45, 2.75) is 19.5 Å². The number of aromatic nitrogens is 2. The molecule has 3 rings (SSSR count). The highest BCUT2D eigenvalue weighted by atomic mass is 35.5. The summed E-state index contributed by atoms with van der Waals surface area (Å²) < 4.78 is 1.47. The number of hydrogen-bond acceptors (Lipinski definition) is 4. The van der Waals surface area contributed by atoms with E-state index >= 15 is 0 Å². The van der Waals surface area contributed by atoms with Crippen molar-refractivity contribution in [2.24, 2.45) is 0 Å². The first-order chi connectivity index (χ1) is 14.3. The van der Waals surface area contributed by atoms with E-state index < -0.39 is 0 Å². The molecule has 8 heteroatoms. The molecule has 0 bridgehead atoms. The lowest BCUT2D eigenvalue weighted by Gasteiger charge is -2.24. The number of carbonyl (C=O) groups excluding carboxylic acids is 1. The topological polar surface area (TPSA) is 58.4 Å². The average molecular weight is 447 g/mol. The number of nitrogens with zero attached hydrogens (tertiary/aromatic N) is 4. The molecule has 0 spiro atoms. The minimum Gasteiger partial charge on any atom is -0.337 e. The zero-order chi connectivity index (χ0) is 21.7. The molecule has 0 N–H and O–H groups in total. The number of amides is 1. The summed E-state index contributed by atoms with van der Waals surface area (Å²) in [6.07, 6.45) is 2.07. The van der Waals surface area contributed by atoms with Gasteiger partial charge in [-0.05, 0) is 56.9 Å². The Morgan fingerprint density at radius 3 is 2.57 bits per heavy atom. The van der Waals surface area contributed by atoms with Crippen LogP contribution >= 0.6 is 23.2 Å². The molecule has 0 aliphatic carbocycles. The van der Waals surface area contributed by atoms with Gasteiger partial charge in [-0.2, -0.15) is 0 Å². The summed E-state index contributed by atoms with van der Waals surface area (Å²) in [5, 5.41) is 0.923. The van der Waals surface area contributed by atoms with Crippen LogP contribution in [0.5, 0.6) is 0 Å². The third kappa shape index (κ3) is 5.59. The maximum absolute atomic E-state index is 13.2. The van der Waals surface area contributed by atoms with Gasteiger partial charge in [-0.3, -0.25) is 14.2 Å². The predicted octanol–water partition coefficient (Wildman–Crippen LogP) is 3.68. The first kappa shape index (κ1) is 22.3.